The average Bonchev–Trinajstić information content (AvgIpc) is 3.43. The maximum atomic E-state index is 13.2. The van der Waals surface area contributed by atoms with Crippen molar-refractivity contribution in [2.24, 2.45) is 0 Å². The highest BCUT2D eigenvalue weighted by Crippen LogP contribution is 2.21. The van der Waals surface area contributed by atoms with Gasteiger partial charge in [-0.15, -0.1) is 11.3 Å². The van der Waals surface area contributed by atoms with Crippen molar-refractivity contribution in [1.29, 1.82) is 0 Å². The summed E-state index contributed by atoms with van der Waals surface area (Å²) < 4.78 is 11.8. The van der Waals surface area contributed by atoms with Crippen molar-refractivity contribution in [3.63, 3.8) is 0 Å². The van der Waals surface area contributed by atoms with Crippen molar-refractivity contribution in [3.05, 3.63) is 118 Å². The topological polar surface area (TPSA) is 47.6 Å². The summed E-state index contributed by atoms with van der Waals surface area (Å²) in [5, 5.41) is 5.57. The van der Waals surface area contributed by atoms with Crippen LogP contribution in [0.2, 0.25) is 0 Å². The molecule has 186 valence electrons. The minimum absolute atomic E-state index is 0.137. The van der Waals surface area contributed by atoms with Crippen LogP contribution in [0.5, 0.6) is 11.5 Å². The van der Waals surface area contributed by atoms with Crippen LogP contribution >= 0.6 is 11.3 Å². The van der Waals surface area contributed by atoms with Crippen LogP contribution in [0, 0.1) is 0 Å². The van der Waals surface area contributed by atoms with Crippen LogP contribution in [-0.2, 0) is 29.0 Å². The van der Waals surface area contributed by atoms with Gasteiger partial charge in [-0.3, -0.25) is 4.79 Å². The molecule has 0 amide bonds. The third kappa shape index (κ3) is 8.76. The molecule has 36 heavy (non-hydrogen) atoms. The molecule has 5 heteroatoms. The Labute approximate surface area is 217 Å². The molecular weight excluding hydrogens is 466 g/mol. The summed E-state index contributed by atoms with van der Waals surface area (Å²) in [4.78, 5) is 14.6. The first-order valence-electron chi connectivity index (χ1n) is 12.5. The lowest BCUT2D eigenvalue weighted by Crippen LogP contribution is -2.42. The zero-order valence-corrected chi connectivity index (χ0v) is 21.3. The second kappa shape index (κ2) is 14.3. The molecule has 0 aliphatic carbocycles. The van der Waals surface area contributed by atoms with Gasteiger partial charge >= 0.3 is 0 Å². The standard InChI is InChI=1S/C31H33NO3S/c33-31(22-25-16-18-28(19-17-25)35-27-12-5-2-6-13-27)30(24-34-23-26-10-3-1-4-11-26)32-20-8-7-14-29-15-9-21-36-29/h1-6,9-13,15-19,21,30,32H,7-8,14,20,22-24H2. The van der Waals surface area contributed by atoms with Crippen LogP contribution in [-0.4, -0.2) is 25.0 Å². The van der Waals surface area contributed by atoms with Crippen molar-refractivity contribution >= 4 is 17.1 Å². The van der Waals surface area contributed by atoms with Gasteiger partial charge in [-0.1, -0.05) is 66.7 Å². The van der Waals surface area contributed by atoms with Gasteiger partial charge in [0.2, 0.25) is 0 Å². The molecule has 4 nitrogen and oxygen atoms in total. The second-order valence-corrected chi connectivity index (χ2v) is 9.78. The van der Waals surface area contributed by atoms with Crippen LogP contribution in [0.3, 0.4) is 0 Å². The van der Waals surface area contributed by atoms with Crippen LogP contribution in [0.1, 0.15) is 28.8 Å². The zero-order chi connectivity index (χ0) is 24.8. The van der Waals surface area contributed by atoms with Gasteiger partial charge in [0.05, 0.1) is 19.3 Å². The number of thiophene rings is 1. The first-order valence-corrected chi connectivity index (χ1v) is 13.4. The number of para-hydroxylation sites is 1. The molecule has 3 aromatic carbocycles. The van der Waals surface area contributed by atoms with Crippen molar-refractivity contribution < 1.29 is 14.3 Å². The fourth-order valence-electron chi connectivity index (χ4n) is 3.91. The molecule has 0 bridgehead atoms. The summed E-state index contributed by atoms with van der Waals surface area (Å²) in [6.45, 7) is 1.64. The Morgan fingerprint density at radius 1 is 0.778 bits per heavy atom. The van der Waals surface area contributed by atoms with Crippen LogP contribution in [0.4, 0.5) is 0 Å². The predicted molar refractivity (Wildman–Crippen MR) is 147 cm³/mol. The van der Waals surface area contributed by atoms with Gasteiger partial charge in [-0.25, -0.2) is 0 Å². The molecule has 1 unspecified atom stereocenters. The molecule has 1 atom stereocenters. The molecule has 4 aromatic rings. The quantitative estimate of drug-likeness (QED) is 0.182. The Bertz CT molecular complexity index is 1150. The number of ketones is 1. The molecule has 4 rings (SSSR count). The number of nitrogens with one attached hydrogen (secondary N) is 1. The number of carbonyl (C=O) groups is 1. The maximum absolute atomic E-state index is 13.2. The van der Waals surface area contributed by atoms with Crippen molar-refractivity contribution in [3.8, 4) is 11.5 Å². The van der Waals surface area contributed by atoms with Gasteiger partial charge in [0.25, 0.3) is 0 Å². The summed E-state index contributed by atoms with van der Waals surface area (Å²) in [7, 11) is 0. The van der Waals surface area contributed by atoms with E-state index in [2.05, 4.69) is 22.8 Å². The fourth-order valence-corrected chi connectivity index (χ4v) is 4.67. The van der Waals surface area contributed by atoms with Gasteiger partial charge in [0.15, 0.2) is 5.78 Å². The Morgan fingerprint density at radius 3 is 2.22 bits per heavy atom. The van der Waals surface area contributed by atoms with E-state index in [0.717, 1.165) is 48.4 Å². The number of unbranched alkanes of at least 4 members (excludes halogenated alkanes) is 1. The van der Waals surface area contributed by atoms with E-state index >= 15 is 0 Å². The first-order chi connectivity index (χ1) is 17.8. The molecule has 0 aliphatic heterocycles. The summed E-state index contributed by atoms with van der Waals surface area (Å²) in [5.41, 5.74) is 2.07. The highest BCUT2D eigenvalue weighted by Gasteiger charge is 2.18. The predicted octanol–water partition coefficient (Wildman–Crippen LogP) is 6.85. The summed E-state index contributed by atoms with van der Waals surface area (Å²) in [5.74, 6) is 1.68. The number of Topliss-reactive ketones (excluding diaryl/α,β-unsaturated/α-hetero) is 1. The molecule has 0 aliphatic rings. The summed E-state index contributed by atoms with van der Waals surface area (Å²) in [6.07, 6.45) is 3.56. The molecule has 0 spiro atoms. The number of benzene rings is 3. The Balaban J connectivity index is 1.28. The number of carbonyl (C=O) groups excluding carboxylic acids is 1. The molecule has 0 saturated heterocycles. The lowest BCUT2D eigenvalue weighted by molar-refractivity contribution is -0.122. The molecular formula is C31H33NO3S. The SMILES string of the molecule is O=C(Cc1ccc(Oc2ccccc2)cc1)C(COCc1ccccc1)NCCCCc1cccs1. The fraction of sp³-hybridized carbons (Fsp3) is 0.258. The molecule has 1 N–H and O–H groups in total. The monoisotopic (exact) mass is 499 g/mol. The number of hydrogen-bond donors (Lipinski definition) is 1. The minimum Gasteiger partial charge on any atom is -0.457 e. The Kier molecular flexibility index (Phi) is 10.3. The third-order valence-electron chi connectivity index (χ3n) is 5.89. The van der Waals surface area contributed by atoms with Gasteiger partial charge < -0.3 is 14.8 Å². The zero-order valence-electron chi connectivity index (χ0n) is 20.5. The molecule has 1 heterocycles. The first kappa shape index (κ1) is 25.8. The number of ether oxygens (including phenoxy) is 2. The Hall–Kier alpha value is -3.25. The van der Waals surface area contributed by atoms with E-state index in [4.69, 9.17) is 9.47 Å². The molecule has 0 saturated carbocycles. The van der Waals surface area contributed by atoms with Gasteiger partial charge in [-0.2, -0.15) is 0 Å². The second-order valence-electron chi connectivity index (χ2n) is 8.75. The van der Waals surface area contributed by atoms with Gasteiger partial charge in [-0.05, 0) is 72.6 Å². The smallest absolute Gasteiger partial charge is 0.156 e. The highest BCUT2D eigenvalue weighted by molar-refractivity contribution is 7.09. The summed E-state index contributed by atoms with van der Waals surface area (Å²) in [6, 6.07) is 31.4. The maximum Gasteiger partial charge on any atom is 0.156 e. The number of hydrogen-bond acceptors (Lipinski definition) is 5. The van der Waals surface area contributed by atoms with E-state index in [-0.39, 0.29) is 11.8 Å². The number of aryl methyl sites for hydroxylation is 1. The van der Waals surface area contributed by atoms with Crippen molar-refractivity contribution in [2.75, 3.05) is 13.2 Å². The van der Waals surface area contributed by atoms with Crippen LogP contribution in [0.15, 0.2) is 102 Å². The van der Waals surface area contributed by atoms with Gasteiger partial charge in [0.1, 0.15) is 11.5 Å². The number of rotatable bonds is 15. The van der Waals surface area contributed by atoms with E-state index < -0.39 is 0 Å². The van der Waals surface area contributed by atoms with Crippen molar-refractivity contribution in [1.82, 2.24) is 5.32 Å². The molecule has 1 aromatic heterocycles. The van der Waals surface area contributed by atoms with E-state index in [0.29, 0.717) is 19.6 Å². The van der Waals surface area contributed by atoms with E-state index in [1.165, 1.54) is 4.88 Å². The average molecular weight is 500 g/mol. The van der Waals surface area contributed by atoms with Crippen LogP contribution in [0.25, 0.3) is 0 Å². The van der Waals surface area contributed by atoms with Gasteiger partial charge in [0, 0.05) is 11.3 Å². The van der Waals surface area contributed by atoms with Crippen molar-refractivity contribution in [2.45, 2.75) is 38.3 Å². The lowest BCUT2D eigenvalue weighted by Gasteiger charge is -2.18. The molecule has 0 radical (unpaired) electrons. The highest BCUT2D eigenvalue weighted by atomic mass is 32.1. The van der Waals surface area contributed by atoms with E-state index in [1.54, 1.807) is 11.3 Å². The largest absolute Gasteiger partial charge is 0.457 e. The van der Waals surface area contributed by atoms with E-state index in [1.807, 2.05) is 84.9 Å². The lowest BCUT2D eigenvalue weighted by atomic mass is 10.0. The summed E-state index contributed by atoms with van der Waals surface area (Å²) >= 11 is 1.80. The normalized spacial score (nSPS) is 11.8. The minimum atomic E-state index is -0.337. The molecule has 0 fully saturated rings. The van der Waals surface area contributed by atoms with E-state index in [9.17, 15) is 4.79 Å². The third-order valence-corrected chi connectivity index (χ3v) is 6.82. The van der Waals surface area contributed by atoms with Crippen LogP contribution < -0.4 is 10.1 Å². The Morgan fingerprint density at radius 2 is 1.50 bits per heavy atom.